The third-order valence-corrected chi connectivity index (χ3v) is 5.04. The molecule has 0 saturated carbocycles. The van der Waals surface area contributed by atoms with Gasteiger partial charge in [-0.2, -0.15) is 0 Å². The second-order valence-corrected chi connectivity index (χ2v) is 8.60. The van der Waals surface area contributed by atoms with Crippen molar-refractivity contribution in [3.63, 3.8) is 0 Å². The van der Waals surface area contributed by atoms with Gasteiger partial charge < -0.3 is 24.1 Å². The van der Waals surface area contributed by atoms with E-state index in [2.05, 4.69) is 0 Å². The van der Waals surface area contributed by atoms with E-state index in [9.17, 15) is 14.7 Å². The van der Waals surface area contributed by atoms with E-state index >= 15 is 0 Å². The van der Waals surface area contributed by atoms with E-state index in [4.69, 9.17) is 18.9 Å². The summed E-state index contributed by atoms with van der Waals surface area (Å²) in [5.74, 6) is -1.83. The lowest BCUT2D eigenvalue weighted by molar-refractivity contribution is -0.155. The maximum absolute atomic E-state index is 12.3. The minimum atomic E-state index is -1.17. The molecule has 0 amide bonds. The number of hydrogen-bond donors (Lipinski definition) is 1. The van der Waals surface area contributed by atoms with E-state index in [1.54, 1.807) is 18.2 Å². The molecule has 3 atom stereocenters. The Labute approximate surface area is 181 Å². The average Bonchev–Trinajstić information content (AvgIpc) is 3.13. The Morgan fingerprint density at radius 2 is 1.81 bits per heavy atom. The first-order chi connectivity index (χ1) is 14.7. The predicted octanol–water partition coefficient (Wildman–Crippen LogP) is 3.83. The molecule has 1 aliphatic rings. The van der Waals surface area contributed by atoms with Crippen LogP contribution in [0.2, 0.25) is 0 Å². The van der Waals surface area contributed by atoms with Crippen LogP contribution >= 0.6 is 0 Å². The molecular weight excluding hydrogens is 400 g/mol. The number of carboxylic acid groups (broad SMARTS) is 1. The van der Waals surface area contributed by atoms with Gasteiger partial charge in [0.1, 0.15) is 6.61 Å². The topological polar surface area (TPSA) is 91.3 Å². The Kier molecular flexibility index (Phi) is 6.85. The van der Waals surface area contributed by atoms with Crippen molar-refractivity contribution in [3.8, 4) is 11.5 Å². The Morgan fingerprint density at radius 1 is 1.10 bits per heavy atom. The van der Waals surface area contributed by atoms with Gasteiger partial charge in [-0.15, -0.1) is 0 Å². The second-order valence-electron chi connectivity index (χ2n) is 8.60. The number of rotatable bonds is 8. The van der Waals surface area contributed by atoms with Crippen molar-refractivity contribution < 1.29 is 33.6 Å². The number of cyclic esters (lactones) is 1. The lowest BCUT2D eigenvalue weighted by Crippen LogP contribution is -2.35. The number of ether oxygens (including phenoxy) is 4. The molecule has 7 heteroatoms. The van der Waals surface area contributed by atoms with E-state index in [0.29, 0.717) is 23.7 Å². The average molecular weight is 428 g/mol. The Balaban J connectivity index is 1.73. The molecule has 0 unspecified atom stereocenters. The highest BCUT2D eigenvalue weighted by Gasteiger charge is 2.47. The van der Waals surface area contributed by atoms with Crippen molar-refractivity contribution >= 4 is 11.9 Å². The van der Waals surface area contributed by atoms with Gasteiger partial charge in [-0.05, 0) is 29.7 Å². The molecular formula is C24H28O7. The predicted molar refractivity (Wildman–Crippen MR) is 113 cm³/mol. The van der Waals surface area contributed by atoms with Gasteiger partial charge in [-0.1, -0.05) is 57.2 Å². The summed E-state index contributed by atoms with van der Waals surface area (Å²) in [6.07, 6.45) is -1.86. The van der Waals surface area contributed by atoms with Gasteiger partial charge >= 0.3 is 11.9 Å². The zero-order valence-electron chi connectivity index (χ0n) is 18.2. The minimum Gasteiger partial charge on any atom is -0.493 e. The van der Waals surface area contributed by atoms with Crippen LogP contribution in [0, 0.1) is 11.3 Å². The lowest BCUT2D eigenvalue weighted by Gasteiger charge is -2.25. The molecule has 1 N–H and O–H groups in total. The van der Waals surface area contributed by atoms with Gasteiger partial charge in [-0.3, -0.25) is 4.79 Å². The third kappa shape index (κ3) is 5.55. The highest BCUT2D eigenvalue weighted by atomic mass is 16.8. The SMILES string of the molecule is COc1cc(C[C@H](C(=O)O)[C@H]2O[C@@H](C(C)(C)C)OC2=O)ccc1OCc1ccccc1. The number of methoxy groups -OCH3 is 1. The number of carboxylic acids is 1. The fourth-order valence-corrected chi connectivity index (χ4v) is 3.30. The molecule has 3 rings (SSSR count). The first-order valence-corrected chi connectivity index (χ1v) is 10.1. The molecule has 0 bridgehead atoms. The quantitative estimate of drug-likeness (QED) is 0.639. The van der Waals surface area contributed by atoms with Crippen LogP contribution in [0.1, 0.15) is 31.9 Å². The van der Waals surface area contributed by atoms with E-state index in [1.165, 1.54) is 7.11 Å². The van der Waals surface area contributed by atoms with Gasteiger partial charge in [0.25, 0.3) is 0 Å². The van der Waals surface area contributed by atoms with Crippen molar-refractivity contribution in [1.29, 1.82) is 0 Å². The van der Waals surface area contributed by atoms with Crippen molar-refractivity contribution in [2.75, 3.05) is 7.11 Å². The molecule has 166 valence electrons. The van der Waals surface area contributed by atoms with Crippen LogP contribution in [0.15, 0.2) is 48.5 Å². The maximum Gasteiger partial charge on any atom is 0.338 e. The second kappa shape index (κ2) is 9.39. The molecule has 2 aromatic carbocycles. The van der Waals surface area contributed by atoms with Crippen LogP contribution in [0.3, 0.4) is 0 Å². The van der Waals surface area contributed by atoms with Gasteiger partial charge in [0.2, 0.25) is 6.29 Å². The largest absolute Gasteiger partial charge is 0.493 e. The Bertz CT molecular complexity index is 917. The summed E-state index contributed by atoms with van der Waals surface area (Å²) in [6.45, 7) is 5.97. The molecule has 7 nitrogen and oxygen atoms in total. The zero-order chi connectivity index (χ0) is 22.6. The lowest BCUT2D eigenvalue weighted by atomic mass is 9.93. The molecule has 1 saturated heterocycles. The van der Waals surface area contributed by atoms with Crippen LogP contribution in [0.4, 0.5) is 0 Å². The first kappa shape index (κ1) is 22.6. The molecule has 0 spiro atoms. The summed E-state index contributed by atoms with van der Waals surface area (Å²) in [7, 11) is 1.52. The Morgan fingerprint density at radius 3 is 2.39 bits per heavy atom. The fourth-order valence-electron chi connectivity index (χ4n) is 3.30. The number of carbonyl (C=O) groups excluding carboxylic acids is 1. The number of esters is 1. The van der Waals surface area contributed by atoms with Crippen LogP contribution in [0.25, 0.3) is 0 Å². The maximum atomic E-state index is 12.3. The summed E-state index contributed by atoms with van der Waals surface area (Å²) in [5, 5.41) is 9.75. The van der Waals surface area contributed by atoms with Crippen molar-refractivity contribution in [3.05, 3.63) is 59.7 Å². The number of carbonyl (C=O) groups is 2. The van der Waals surface area contributed by atoms with Gasteiger partial charge in [-0.25, -0.2) is 4.79 Å². The Hall–Kier alpha value is -3.06. The van der Waals surface area contributed by atoms with E-state index in [-0.39, 0.29) is 6.42 Å². The van der Waals surface area contributed by atoms with Crippen molar-refractivity contribution in [1.82, 2.24) is 0 Å². The van der Waals surface area contributed by atoms with E-state index in [0.717, 1.165) is 5.56 Å². The molecule has 0 radical (unpaired) electrons. The molecule has 0 aliphatic carbocycles. The van der Waals surface area contributed by atoms with Crippen LogP contribution in [0.5, 0.6) is 11.5 Å². The van der Waals surface area contributed by atoms with Crippen molar-refractivity contribution in [2.24, 2.45) is 11.3 Å². The molecule has 1 heterocycles. The number of hydrogen-bond acceptors (Lipinski definition) is 6. The summed E-state index contributed by atoms with van der Waals surface area (Å²) < 4.78 is 22.2. The summed E-state index contributed by atoms with van der Waals surface area (Å²) in [6, 6.07) is 15.0. The smallest absolute Gasteiger partial charge is 0.338 e. The number of aliphatic carboxylic acids is 1. The van der Waals surface area contributed by atoms with Gasteiger partial charge in [0.15, 0.2) is 17.6 Å². The highest BCUT2D eigenvalue weighted by molar-refractivity contribution is 5.84. The van der Waals surface area contributed by atoms with Gasteiger partial charge in [0.05, 0.1) is 13.0 Å². The van der Waals surface area contributed by atoms with Crippen LogP contribution < -0.4 is 9.47 Å². The fraction of sp³-hybridized carbons (Fsp3) is 0.417. The molecule has 2 aromatic rings. The summed E-state index contributed by atoms with van der Waals surface area (Å²) in [5.41, 5.74) is 1.26. The van der Waals surface area contributed by atoms with Crippen LogP contribution in [-0.2, 0) is 32.1 Å². The van der Waals surface area contributed by atoms with E-state index in [1.807, 2.05) is 51.1 Å². The minimum absolute atomic E-state index is 0.0846. The zero-order valence-corrected chi connectivity index (χ0v) is 18.2. The van der Waals surface area contributed by atoms with E-state index < -0.39 is 35.7 Å². The number of benzene rings is 2. The van der Waals surface area contributed by atoms with Crippen molar-refractivity contribution in [2.45, 2.75) is 46.2 Å². The summed E-state index contributed by atoms with van der Waals surface area (Å²) >= 11 is 0. The first-order valence-electron chi connectivity index (χ1n) is 10.1. The standard InChI is InChI=1S/C24H28O7/c1-24(2,3)23-30-20(22(27)31-23)17(21(25)26)12-16-10-11-18(19(13-16)28-4)29-14-15-8-6-5-7-9-15/h5-11,13,17,20,23H,12,14H2,1-4H3,(H,25,26)/t17-,20+,23+/m0/s1. The summed E-state index contributed by atoms with van der Waals surface area (Å²) in [4.78, 5) is 24.2. The molecule has 0 aromatic heterocycles. The van der Waals surface area contributed by atoms with Crippen LogP contribution in [-0.4, -0.2) is 36.5 Å². The molecule has 1 aliphatic heterocycles. The monoisotopic (exact) mass is 428 g/mol. The molecule has 1 fully saturated rings. The third-order valence-electron chi connectivity index (χ3n) is 5.04. The van der Waals surface area contributed by atoms with Gasteiger partial charge in [0, 0.05) is 5.41 Å². The highest BCUT2D eigenvalue weighted by Crippen LogP contribution is 2.34. The molecule has 31 heavy (non-hydrogen) atoms. The normalized spacial score (nSPS) is 19.5.